The zero-order chi connectivity index (χ0) is 16.1. The lowest BCUT2D eigenvalue weighted by atomic mass is 10.2. The van der Waals surface area contributed by atoms with Gasteiger partial charge < -0.3 is 4.90 Å². The molecule has 0 radical (unpaired) electrons. The summed E-state index contributed by atoms with van der Waals surface area (Å²) in [5, 5.41) is 5.95. The van der Waals surface area contributed by atoms with Crippen LogP contribution < -0.4 is 0 Å². The third-order valence-corrected chi connectivity index (χ3v) is 4.42. The molecule has 1 aromatic carbocycles. The molecule has 0 unspecified atom stereocenters. The fraction of sp³-hybridized carbons (Fsp3) is 0.471. The summed E-state index contributed by atoms with van der Waals surface area (Å²) in [5.74, 6) is 0. The van der Waals surface area contributed by atoms with Crippen molar-refractivity contribution in [2.75, 3.05) is 19.6 Å². The monoisotopic (exact) mass is 339 g/mol. The molecule has 0 spiro atoms. The molecule has 0 atom stereocenters. The second-order valence-electron chi connectivity index (χ2n) is 5.42. The van der Waals surface area contributed by atoms with Crippen molar-refractivity contribution in [1.82, 2.24) is 14.7 Å². The average Bonchev–Trinajstić information content (AvgIpc) is 2.84. The van der Waals surface area contributed by atoms with Crippen LogP contribution in [-0.2, 0) is 6.42 Å². The van der Waals surface area contributed by atoms with E-state index in [0.717, 1.165) is 49.6 Å². The van der Waals surface area contributed by atoms with Crippen LogP contribution in [-0.4, -0.2) is 34.3 Å². The maximum Gasteiger partial charge on any atom is 0.0835 e. The number of aryl methyl sites for hydroxylation is 2. The molecule has 0 aliphatic heterocycles. The summed E-state index contributed by atoms with van der Waals surface area (Å²) in [6, 6.07) is 7.63. The Kier molecular flexibility index (Phi) is 6.30. The summed E-state index contributed by atoms with van der Waals surface area (Å²) in [4.78, 5) is 2.43. The highest BCUT2D eigenvalue weighted by Crippen LogP contribution is 2.25. The van der Waals surface area contributed by atoms with Crippen molar-refractivity contribution in [1.29, 1.82) is 0 Å². The van der Waals surface area contributed by atoms with Gasteiger partial charge in [-0.3, -0.25) is 0 Å². The molecule has 5 heteroatoms. The van der Waals surface area contributed by atoms with Gasteiger partial charge in [-0.1, -0.05) is 37.0 Å². The molecule has 2 rings (SSSR count). The molecule has 0 saturated carbocycles. The fourth-order valence-corrected chi connectivity index (χ4v) is 3.07. The predicted molar refractivity (Wildman–Crippen MR) is 94.4 cm³/mol. The molecule has 0 saturated heterocycles. The molecule has 0 aliphatic rings. The molecule has 0 amide bonds. The topological polar surface area (TPSA) is 21.1 Å². The van der Waals surface area contributed by atoms with Crippen LogP contribution >= 0.6 is 23.2 Å². The van der Waals surface area contributed by atoms with E-state index in [1.807, 2.05) is 23.7 Å². The lowest BCUT2D eigenvalue weighted by Crippen LogP contribution is -2.24. The van der Waals surface area contributed by atoms with Crippen molar-refractivity contribution in [3.8, 4) is 5.69 Å². The minimum Gasteiger partial charge on any atom is -0.304 e. The van der Waals surface area contributed by atoms with Crippen LogP contribution in [0.15, 0.2) is 24.3 Å². The largest absolute Gasteiger partial charge is 0.304 e. The molecule has 120 valence electrons. The smallest absolute Gasteiger partial charge is 0.0835 e. The third-order valence-electron chi connectivity index (χ3n) is 3.88. The number of rotatable bonds is 7. The van der Waals surface area contributed by atoms with Gasteiger partial charge in [-0.2, -0.15) is 5.10 Å². The van der Waals surface area contributed by atoms with Crippen molar-refractivity contribution in [2.24, 2.45) is 0 Å². The number of benzene rings is 1. The van der Waals surface area contributed by atoms with Crippen molar-refractivity contribution in [3.05, 3.63) is 45.7 Å². The Bertz CT molecular complexity index is 618. The van der Waals surface area contributed by atoms with Gasteiger partial charge in [0.2, 0.25) is 0 Å². The SMILES string of the molecule is CCN(CC)CCCc1cc(C)n(-c2ccc(Cl)cc2Cl)n1. The zero-order valence-corrected chi connectivity index (χ0v) is 15.0. The van der Waals surface area contributed by atoms with E-state index in [-0.39, 0.29) is 0 Å². The van der Waals surface area contributed by atoms with Crippen LogP contribution in [0.4, 0.5) is 0 Å². The lowest BCUT2D eigenvalue weighted by molar-refractivity contribution is 0.299. The molecule has 1 heterocycles. The Morgan fingerprint density at radius 2 is 1.86 bits per heavy atom. The van der Waals surface area contributed by atoms with Gasteiger partial charge in [0.15, 0.2) is 0 Å². The van der Waals surface area contributed by atoms with Gasteiger partial charge in [0.1, 0.15) is 0 Å². The highest BCUT2D eigenvalue weighted by atomic mass is 35.5. The van der Waals surface area contributed by atoms with Crippen LogP contribution in [0.1, 0.15) is 31.7 Å². The minimum absolute atomic E-state index is 0.619. The number of hydrogen-bond acceptors (Lipinski definition) is 2. The molecular weight excluding hydrogens is 317 g/mol. The van der Waals surface area contributed by atoms with Crippen molar-refractivity contribution in [2.45, 2.75) is 33.6 Å². The first-order valence-electron chi connectivity index (χ1n) is 7.78. The fourth-order valence-electron chi connectivity index (χ4n) is 2.58. The summed E-state index contributed by atoms with van der Waals surface area (Å²) >= 11 is 12.2. The van der Waals surface area contributed by atoms with Gasteiger partial charge in [0, 0.05) is 10.7 Å². The van der Waals surface area contributed by atoms with Crippen molar-refractivity contribution < 1.29 is 0 Å². The van der Waals surface area contributed by atoms with Gasteiger partial charge in [0.25, 0.3) is 0 Å². The van der Waals surface area contributed by atoms with Crippen molar-refractivity contribution >= 4 is 23.2 Å². The Morgan fingerprint density at radius 3 is 2.50 bits per heavy atom. The predicted octanol–water partition coefficient (Wildman–Crippen LogP) is 4.76. The quantitative estimate of drug-likeness (QED) is 0.724. The number of aromatic nitrogens is 2. The molecule has 0 aliphatic carbocycles. The van der Waals surface area contributed by atoms with Crippen LogP contribution in [0.25, 0.3) is 5.69 Å². The third kappa shape index (κ3) is 4.25. The van der Waals surface area contributed by atoms with E-state index in [0.29, 0.717) is 10.0 Å². The van der Waals surface area contributed by atoms with E-state index < -0.39 is 0 Å². The Labute approximate surface area is 142 Å². The summed E-state index contributed by atoms with van der Waals surface area (Å²) < 4.78 is 1.89. The van der Waals surface area contributed by atoms with Gasteiger partial charge in [-0.05, 0) is 63.7 Å². The molecule has 0 bridgehead atoms. The lowest BCUT2D eigenvalue weighted by Gasteiger charge is -2.17. The first-order valence-corrected chi connectivity index (χ1v) is 8.54. The highest BCUT2D eigenvalue weighted by molar-refractivity contribution is 6.35. The Hall–Kier alpha value is -1.03. The molecule has 0 N–H and O–H groups in total. The highest BCUT2D eigenvalue weighted by Gasteiger charge is 2.10. The second-order valence-corrected chi connectivity index (χ2v) is 6.26. The van der Waals surface area contributed by atoms with Crippen LogP contribution in [0.5, 0.6) is 0 Å². The second kappa shape index (κ2) is 8.00. The molecule has 22 heavy (non-hydrogen) atoms. The summed E-state index contributed by atoms with van der Waals surface area (Å²) in [6.45, 7) is 9.76. The molecule has 0 fully saturated rings. The van der Waals surface area contributed by atoms with E-state index in [4.69, 9.17) is 23.2 Å². The van der Waals surface area contributed by atoms with E-state index in [9.17, 15) is 0 Å². The molecule has 1 aromatic heterocycles. The summed E-state index contributed by atoms with van der Waals surface area (Å²) in [6.07, 6.45) is 2.10. The zero-order valence-electron chi connectivity index (χ0n) is 13.4. The standard InChI is InChI=1S/C17H23Cl2N3/c1-4-21(5-2)10-6-7-15-11-13(3)22(20-15)17-9-8-14(18)12-16(17)19/h8-9,11-12H,4-7,10H2,1-3H3. The van der Waals surface area contributed by atoms with Gasteiger partial charge in [0.05, 0.1) is 16.4 Å². The molecular formula is C17H23Cl2N3. The van der Waals surface area contributed by atoms with Crippen LogP contribution in [0, 0.1) is 6.92 Å². The molecule has 2 aromatic rings. The maximum absolute atomic E-state index is 6.28. The number of nitrogens with zero attached hydrogens (tertiary/aromatic N) is 3. The van der Waals surface area contributed by atoms with Gasteiger partial charge >= 0.3 is 0 Å². The van der Waals surface area contributed by atoms with E-state index in [1.165, 1.54) is 0 Å². The van der Waals surface area contributed by atoms with Crippen LogP contribution in [0.3, 0.4) is 0 Å². The van der Waals surface area contributed by atoms with E-state index in [2.05, 4.69) is 29.9 Å². The number of hydrogen-bond donors (Lipinski definition) is 0. The Balaban J connectivity index is 2.08. The minimum atomic E-state index is 0.619. The van der Waals surface area contributed by atoms with E-state index in [1.54, 1.807) is 6.07 Å². The van der Waals surface area contributed by atoms with Gasteiger partial charge in [-0.15, -0.1) is 0 Å². The maximum atomic E-state index is 6.28. The first-order chi connectivity index (χ1) is 10.5. The number of halogens is 2. The molecule has 3 nitrogen and oxygen atoms in total. The van der Waals surface area contributed by atoms with Gasteiger partial charge in [-0.25, -0.2) is 4.68 Å². The first kappa shape index (κ1) is 17.3. The van der Waals surface area contributed by atoms with Crippen LogP contribution in [0.2, 0.25) is 10.0 Å². The summed E-state index contributed by atoms with van der Waals surface area (Å²) in [7, 11) is 0. The normalized spacial score (nSPS) is 11.4. The Morgan fingerprint density at radius 1 is 1.14 bits per heavy atom. The van der Waals surface area contributed by atoms with Crippen molar-refractivity contribution in [3.63, 3.8) is 0 Å². The average molecular weight is 340 g/mol. The van der Waals surface area contributed by atoms with E-state index >= 15 is 0 Å². The summed E-state index contributed by atoms with van der Waals surface area (Å²) in [5.41, 5.74) is 3.07.